The molecular formula is C15H15ClN4O. The molecule has 0 saturated carbocycles. The number of benzene rings is 1. The van der Waals surface area contributed by atoms with Gasteiger partial charge in [0.2, 0.25) is 5.65 Å². The van der Waals surface area contributed by atoms with E-state index in [0.29, 0.717) is 17.2 Å². The van der Waals surface area contributed by atoms with Gasteiger partial charge in [0.25, 0.3) is 5.56 Å². The normalized spacial score (nSPS) is 11.1. The van der Waals surface area contributed by atoms with Crippen molar-refractivity contribution in [3.8, 4) is 0 Å². The van der Waals surface area contributed by atoms with Crippen LogP contribution >= 0.6 is 11.6 Å². The SMILES string of the molecule is CCCc1nnc2c(=O)n(Cc3cccc(Cl)c3)ccn12. The molecule has 0 fully saturated rings. The van der Waals surface area contributed by atoms with Crippen molar-refractivity contribution in [1.29, 1.82) is 0 Å². The van der Waals surface area contributed by atoms with Gasteiger partial charge in [-0.2, -0.15) is 0 Å². The summed E-state index contributed by atoms with van der Waals surface area (Å²) in [6.45, 7) is 2.54. The Bertz CT molecular complexity index is 837. The molecule has 3 aromatic rings. The summed E-state index contributed by atoms with van der Waals surface area (Å²) in [4.78, 5) is 12.4. The number of aryl methyl sites for hydroxylation is 1. The highest BCUT2D eigenvalue weighted by Gasteiger charge is 2.10. The van der Waals surface area contributed by atoms with Crippen LogP contribution in [0.2, 0.25) is 5.02 Å². The van der Waals surface area contributed by atoms with Gasteiger partial charge in [-0.05, 0) is 24.1 Å². The number of hydrogen-bond donors (Lipinski definition) is 0. The molecule has 5 nitrogen and oxygen atoms in total. The molecule has 0 amide bonds. The zero-order chi connectivity index (χ0) is 14.8. The van der Waals surface area contributed by atoms with Gasteiger partial charge in [-0.3, -0.25) is 9.20 Å². The monoisotopic (exact) mass is 302 g/mol. The largest absolute Gasteiger partial charge is 0.306 e. The van der Waals surface area contributed by atoms with Gasteiger partial charge >= 0.3 is 0 Å². The van der Waals surface area contributed by atoms with Crippen LogP contribution in [0, 0.1) is 0 Å². The first kappa shape index (κ1) is 13.8. The smallest absolute Gasteiger partial charge is 0.296 e. The number of rotatable bonds is 4. The van der Waals surface area contributed by atoms with E-state index in [1.165, 1.54) is 0 Å². The molecule has 108 valence electrons. The minimum atomic E-state index is -0.146. The summed E-state index contributed by atoms with van der Waals surface area (Å²) in [7, 11) is 0. The Balaban J connectivity index is 2.01. The fourth-order valence-corrected chi connectivity index (χ4v) is 2.53. The molecule has 0 spiro atoms. The molecule has 0 saturated heterocycles. The summed E-state index contributed by atoms with van der Waals surface area (Å²) < 4.78 is 3.38. The standard InChI is InChI=1S/C15H15ClN4O/c1-2-4-13-17-18-14-15(21)19(7-8-20(13)14)10-11-5-3-6-12(16)9-11/h3,5-9H,2,4,10H2,1H3. The van der Waals surface area contributed by atoms with Crippen LogP contribution in [-0.2, 0) is 13.0 Å². The second kappa shape index (κ2) is 5.69. The van der Waals surface area contributed by atoms with Crippen LogP contribution in [0.15, 0.2) is 41.5 Å². The predicted octanol–water partition coefficient (Wildman–Crippen LogP) is 2.55. The van der Waals surface area contributed by atoms with Crippen LogP contribution in [0.4, 0.5) is 0 Å². The minimum absolute atomic E-state index is 0.146. The van der Waals surface area contributed by atoms with Crippen molar-refractivity contribution in [3.63, 3.8) is 0 Å². The maximum atomic E-state index is 12.4. The van der Waals surface area contributed by atoms with E-state index in [0.717, 1.165) is 24.2 Å². The predicted molar refractivity (Wildman–Crippen MR) is 81.8 cm³/mol. The summed E-state index contributed by atoms with van der Waals surface area (Å²) in [6.07, 6.45) is 5.37. The Morgan fingerprint density at radius 2 is 2.10 bits per heavy atom. The number of nitrogens with zero attached hydrogens (tertiary/aromatic N) is 4. The molecule has 0 unspecified atom stereocenters. The lowest BCUT2D eigenvalue weighted by Gasteiger charge is -2.07. The van der Waals surface area contributed by atoms with E-state index < -0.39 is 0 Å². The molecule has 0 aliphatic heterocycles. The molecule has 0 N–H and O–H groups in total. The van der Waals surface area contributed by atoms with Gasteiger partial charge in [0.15, 0.2) is 0 Å². The quantitative estimate of drug-likeness (QED) is 0.744. The molecule has 0 atom stereocenters. The van der Waals surface area contributed by atoms with E-state index in [1.54, 1.807) is 15.2 Å². The lowest BCUT2D eigenvalue weighted by atomic mass is 10.2. The number of hydrogen-bond acceptors (Lipinski definition) is 3. The van der Waals surface area contributed by atoms with Crippen LogP contribution in [-0.4, -0.2) is 19.2 Å². The Kier molecular flexibility index (Phi) is 3.75. The second-order valence-corrected chi connectivity index (χ2v) is 5.36. The third-order valence-corrected chi connectivity index (χ3v) is 3.56. The van der Waals surface area contributed by atoms with Gasteiger partial charge < -0.3 is 4.57 Å². The van der Waals surface area contributed by atoms with Crippen molar-refractivity contribution >= 4 is 17.2 Å². The highest BCUT2D eigenvalue weighted by Crippen LogP contribution is 2.11. The third-order valence-electron chi connectivity index (χ3n) is 3.33. The Morgan fingerprint density at radius 3 is 2.86 bits per heavy atom. The van der Waals surface area contributed by atoms with Crippen LogP contribution in [0.3, 0.4) is 0 Å². The molecular weight excluding hydrogens is 288 g/mol. The molecule has 3 rings (SSSR count). The highest BCUT2D eigenvalue weighted by molar-refractivity contribution is 6.30. The van der Waals surface area contributed by atoms with Crippen molar-refractivity contribution in [3.05, 3.63) is 63.4 Å². The minimum Gasteiger partial charge on any atom is -0.306 e. The zero-order valence-corrected chi connectivity index (χ0v) is 12.4. The average molecular weight is 303 g/mol. The molecule has 2 aromatic heterocycles. The highest BCUT2D eigenvalue weighted by atomic mass is 35.5. The van der Waals surface area contributed by atoms with Gasteiger partial charge in [0.1, 0.15) is 5.82 Å². The molecule has 6 heteroatoms. The Morgan fingerprint density at radius 1 is 1.24 bits per heavy atom. The topological polar surface area (TPSA) is 52.2 Å². The summed E-state index contributed by atoms with van der Waals surface area (Å²) in [6, 6.07) is 7.48. The lowest BCUT2D eigenvalue weighted by Crippen LogP contribution is -2.22. The first-order valence-corrected chi connectivity index (χ1v) is 7.24. The second-order valence-electron chi connectivity index (χ2n) is 4.92. The summed E-state index contributed by atoms with van der Waals surface area (Å²) >= 11 is 5.97. The molecule has 0 aliphatic carbocycles. The van der Waals surface area contributed by atoms with Crippen molar-refractivity contribution in [2.75, 3.05) is 0 Å². The van der Waals surface area contributed by atoms with Gasteiger partial charge in [-0.25, -0.2) is 0 Å². The van der Waals surface area contributed by atoms with Crippen molar-refractivity contribution < 1.29 is 0 Å². The van der Waals surface area contributed by atoms with Gasteiger partial charge in [0, 0.05) is 23.8 Å². The van der Waals surface area contributed by atoms with E-state index >= 15 is 0 Å². The molecule has 2 heterocycles. The zero-order valence-electron chi connectivity index (χ0n) is 11.7. The van der Waals surface area contributed by atoms with Gasteiger partial charge in [-0.1, -0.05) is 30.7 Å². The molecule has 21 heavy (non-hydrogen) atoms. The summed E-state index contributed by atoms with van der Waals surface area (Å²) in [5.74, 6) is 0.819. The van der Waals surface area contributed by atoms with E-state index in [4.69, 9.17) is 11.6 Å². The third kappa shape index (κ3) is 2.69. The van der Waals surface area contributed by atoms with E-state index in [1.807, 2.05) is 30.5 Å². The van der Waals surface area contributed by atoms with E-state index in [9.17, 15) is 4.79 Å². The molecule has 0 bridgehead atoms. The maximum absolute atomic E-state index is 12.4. The van der Waals surface area contributed by atoms with E-state index in [2.05, 4.69) is 17.1 Å². The van der Waals surface area contributed by atoms with Crippen LogP contribution in [0.5, 0.6) is 0 Å². The van der Waals surface area contributed by atoms with Crippen molar-refractivity contribution in [2.24, 2.45) is 0 Å². The van der Waals surface area contributed by atoms with Gasteiger partial charge in [-0.15, -0.1) is 10.2 Å². The average Bonchev–Trinajstić information content (AvgIpc) is 2.87. The number of aromatic nitrogens is 4. The Hall–Kier alpha value is -2.14. The molecule has 0 radical (unpaired) electrons. The van der Waals surface area contributed by atoms with Crippen LogP contribution < -0.4 is 5.56 Å². The van der Waals surface area contributed by atoms with Gasteiger partial charge in [0.05, 0.1) is 6.54 Å². The van der Waals surface area contributed by atoms with Crippen molar-refractivity contribution in [2.45, 2.75) is 26.3 Å². The first-order valence-electron chi connectivity index (χ1n) is 6.86. The Labute approximate surface area is 126 Å². The maximum Gasteiger partial charge on any atom is 0.296 e. The number of fused-ring (bicyclic) bond motifs is 1. The first-order chi connectivity index (χ1) is 10.2. The lowest BCUT2D eigenvalue weighted by molar-refractivity contribution is 0.744. The van der Waals surface area contributed by atoms with Crippen LogP contribution in [0.1, 0.15) is 24.7 Å². The number of halogens is 1. The van der Waals surface area contributed by atoms with Crippen LogP contribution in [0.25, 0.3) is 5.65 Å². The fourth-order valence-electron chi connectivity index (χ4n) is 2.32. The van der Waals surface area contributed by atoms with Crippen molar-refractivity contribution in [1.82, 2.24) is 19.2 Å². The molecule has 1 aromatic carbocycles. The fraction of sp³-hybridized carbons (Fsp3) is 0.267. The molecule has 0 aliphatic rings. The summed E-state index contributed by atoms with van der Waals surface area (Å²) in [5, 5.41) is 8.76. The summed E-state index contributed by atoms with van der Waals surface area (Å²) in [5.41, 5.74) is 1.19. The van der Waals surface area contributed by atoms with E-state index in [-0.39, 0.29) is 5.56 Å².